The Morgan fingerprint density at radius 1 is 1.62 bits per heavy atom. The molecule has 0 aromatic carbocycles. The highest BCUT2D eigenvalue weighted by Crippen LogP contribution is 2.48. The number of aliphatic carboxylic acids is 1. The zero-order valence-electron chi connectivity index (χ0n) is 8.42. The van der Waals surface area contributed by atoms with Gasteiger partial charge < -0.3 is 10.8 Å². The number of carboxylic acid groups (broad SMARTS) is 1. The molecule has 0 saturated heterocycles. The summed E-state index contributed by atoms with van der Waals surface area (Å²) in [6, 6.07) is 0. The van der Waals surface area contributed by atoms with Crippen molar-refractivity contribution in [3.05, 3.63) is 0 Å². The van der Waals surface area contributed by atoms with E-state index in [0.29, 0.717) is 18.4 Å². The molecule has 3 N–H and O–H groups in total. The lowest BCUT2D eigenvalue weighted by Gasteiger charge is -2.32. The van der Waals surface area contributed by atoms with Crippen LogP contribution in [0.4, 0.5) is 0 Å². The Morgan fingerprint density at radius 2 is 2.23 bits per heavy atom. The number of carbonyl (C=O) groups is 1. The lowest BCUT2D eigenvalue weighted by atomic mass is 9.74. The number of carboxylic acids is 1. The van der Waals surface area contributed by atoms with Crippen LogP contribution in [-0.4, -0.2) is 17.6 Å². The molecule has 0 aromatic heterocycles. The summed E-state index contributed by atoms with van der Waals surface area (Å²) in [4.78, 5) is 10.7. The van der Waals surface area contributed by atoms with E-state index >= 15 is 0 Å². The van der Waals surface area contributed by atoms with Gasteiger partial charge >= 0.3 is 5.97 Å². The van der Waals surface area contributed by atoms with Gasteiger partial charge in [0.2, 0.25) is 0 Å². The van der Waals surface area contributed by atoms with E-state index in [1.165, 1.54) is 0 Å². The largest absolute Gasteiger partial charge is 0.481 e. The quantitative estimate of drug-likeness (QED) is 0.700. The molecular weight excluding hydrogens is 166 g/mol. The summed E-state index contributed by atoms with van der Waals surface area (Å²) in [5.74, 6) is 0.336. The van der Waals surface area contributed by atoms with Crippen LogP contribution in [0.2, 0.25) is 0 Å². The van der Waals surface area contributed by atoms with Crippen LogP contribution in [0.5, 0.6) is 0 Å². The third kappa shape index (κ3) is 1.85. The Balaban J connectivity index is 2.75. The van der Waals surface area contributed by atoms with Crippen LogP contribution in [0, 0.1) is 17.3 Å². The second kappa shape index (κ2) is 3.66. The third-order valence-corrected chi connectivity index (χ3v) is 3.83. The second-order valence-corrected chi connectivity index (χ2v) is 4.44. The summed E-state index contributed by atoms with van der Waals surface area (Å²) in [5, 5.41) is 8.82. The van der Waals surface area contributed by atoms with Crippen molar-refractivity contribution in [2.75, 3.05) is 6.54 Å². The number of rotatable bonds is 3. The molecule has 1 saturated carbocycles. The first-order chi connectivity index (χ1) is 6.02. The Kier molecular flexibility index (Phi) is 2.96. The van der Waals surface area contributed by atoms with Crippen LogP contribution < -0.4 is 5.73 Å². The van der Waals surface area contributed by atoms with E-state index in [0.717, 1.165) is 12.8 Å². The van der Waals surface area contributed by atoms with Crippen molar-refractivity contribution >= 4 is 5.97 Å². The van der Waals surface area contributed by atoms with Crippen molar-refractivity contribution in [1.82, 2.24) is 0 Å². The van der Waals surface area contributed by atoms with E-state index in [9.17, 15) is 4.79 Å². The van der Waals surface area contributed by atoms with E-state index < -0.39 is 5.97 Å². The van der Waals surface area contributed by atoms with Gasteiger partial charge in [0.1, 0.15) is 0 Å². The summed E-state index contributed by atoms with van der Waals surface area (Å²) in [5.41, 5.74) is 5.57. The van der Waals surface area contributed by atoms with Gasteiger partial charge in [-0.1, -0.05) is 13.8 Å². The van der Waals surface area contributed by atoms with Gasteiger partial charge in [0, 0.05) is 0 Å². The van der Waals surface area contributed by atoms with Crippen molar-refractivity contribution < 1.29 is 9.90 Å². The van der Waals surface area contributed by atoms with Crippen LogP contribution in [0.1, 0.15) is 33.1 Å². The number of nitrogens with two attached hydrogens (primary N) is 1. The lowest BCUT2D eigenvalue weighted by molar-refractivity contribution is -0.140. The minimum Gasteiger partial charge on any atom is -0.481 e. The van der Waals surface area contributed by atoms with E-state index in [4.69, 9.17) is 10.8 Å². The minimum absolute atomic E-state index is 0.134. The molecule has 0 radical (unpaired) electrons. The summed E-state index contributed by atoms with van der Waals surface area (Å²) in [6.45, 7) is 4.82. The zero-order valence-corrected chi connectivity index (χ0v) is 8.42. The summed E-state index contributed by atoms with van der Waals surface area (Å²) in [6.07, 6.45) is 2.32. The van der Waals surface area contributed by atoms with Gasteiger partial charge in [-0.2, -0.15) is 0 Å². The van der Waals surface area contributed by atoms with Crippen molar-refractivity contribution in [3.63, 3.8) is 0 Å². The second-order valence-electron chi connectivity index (χ2n) is 4.44. The monoisotopic (exact) mass is 185 g/mol. The maximum absolute atomic E-state index is 10.7. The normalized spacial score (nSPS) is 39.3. The molecule has 1 rings (SSSR count). The van der Waals surface area contributed by atoms with Crippen molar-refractivity contribution in [1.29, 1.82) is 0 Å². The minimum atomic E-state index is -0.716. The first-order valence-corrected chi connectivity index (χ1v) is 4.94. The average molecular weight is 185 g/mol. The van der Waals surface area contributed by atoms with Gasteiger partial charge in [-0.05, 0) is 36.6 Å². The Morgan fingerprint density at radius 3 is 2.54 bits per heavy atom. The highest BCUT2D eigenvalue weighted by Gasteiger charge is 2.44. The van der Waals surface area contributed by atoms with E-state index in [2.05, 4.69) is 13.8 Å². The van der Waals surface area contributed by atoms with Crippen LogP contribution in [0.3, 0.4) is 0 Å². The lowest BCUT2D eigenvalue weighted by Crippen LogP contribution is -2.36. The molecule has 13 heavy (non-hydrogen) atoms. The molecule has 3 atom stereocenters. The van der Waals surface area contributed by atoms with Crippen LogP contribution in [-0.2, 0) is 4.79 Å². The Hall–Kier alpha value is -0.570. The fourth-order valence-electron chi connectivity index (χ4n) is 2.51. The number of hydrogen-bond donors (Lipinski definition) is 2. The molecule has 1 aliphatic carbocycles. The fourth-order valence-corrected chi connectivity index (χ4v) is 2.51. The molecule has 0 heterocycles. The van der Waals surface area contributed by atoms with Crippen LogP contribution in [0.25, 0.3) is 0 Å². The van der Waals surface area contributed by atoms with Gasteiger partial charge in [0.15, 0.2) is 0 Å². The molecule has 0 spiro atoms. The van der Waals surface area contributed by atoms with Crippen molar-refractivity contribution in [3.8, 4) is 0 Å². The molecule has 0 amide bonds. The zero-order chi connectivity index (χ0) is 10.1. The van der Waals surface area contributed by atoms with E-state index in [1.807, 2.05) is 0 Å². The van der Waals surface area contributed by atoms with Crippen LogP contribution in [0.15, 0.2) is 0 Å². The molecule has 76 valence electrons. The van der Waals surface area contributed by atoms with Crippen LogP contribution >= 0.6 is 0 Å². The first-order valence-electron chi connectivity index (χ1n) is 4.94. The first kappa shape index (κ1) is 10.5. The average Bonchev–Trinajstić information content (AvgIpc) is 2.33. The molecule has 0 aromatic rings. The van der Waals surface area contributed by atoms with Crippen molar-refractivity contribution in [2.24, 2.45) is 23.0 Å². The van der Waals surface area contributed by atoms with Gasteiger partial charge in [-0.25, -0.2) is 0 Å². The molecule has 0 bridgehead atoms. The van der Waals surface area contributed by atoms with Gasteiger partial charge in [-0.3, -0.25) is 4.79 Å². The topological polar surface area (TPSA) is 63.3 Å². The molecule has 0 unspecified atom stereocenters. The van der Waals surface area contributed by atoms with Crippen molar-refractivity contribution in [2.45, 2.75) is 33.1 Å². The SMILES string of the molecule is C[C@@H]1CC[C@@](CN)(CC(=O)O)[C@H]1C. The van der Waals surface area contributed by atoms with E-state index in [1.54, 1.807) is 0 Å². The summed E-state index contributed by atoms with van der Waals surface area (Å²) >= 11 is 0. The summed E-state index contributed by atoms with van der Waals surface area (Å²) < 4.78 is 0. The Bertz CT molecular complexity index is 205. The molecule has 3 heteroatoms. The maximum atomic E-state index is 10.7. The van der Waals surface area contributed by atoms with Gasteiger partial charge in [0.25, 0.3) is 0 Å². The highest BCUT2D eigenvalue weighted by molar-refractivity contribution is 5.67. The predicted molar refractivity (Wildman–Crippen MR) is 51.3 cm³/mol. The molecule has 3 nitrogen and oxygen atoms in total. The molecular formula is C10H19NO2. The van der Waals surface area contributed by atoms with Gasteiger partial charge in [0.05, 0.1) is 6.42 Å². The van der Waals surface area contributed by atoms with E-state index in [-0.39, 0.29) is 11.8 Å². The summed E-state index contributed by atoms with van der Waals surface area (Å²) in [7, 11) is 0. The standard InChI is InChI=1S/C10H19NO2/c1-7-3-4-10(6-11,8(7)2)5-9(12)13/h7-8H,3-6,11H2,1-2H3,(H,12,13)/t7-,8+,10+/m1/s1. The predicted octanol–water partition coefficient (Wildman–Crippen LogP) is 1.47. The molecule has 1 fully saturated rings. The molecule has 1 aliphatic rings. The van der Waals surface area contributed by atoms with Gasteiger partial charge in [-0.15, -0.1) is 0 Å². The molecule has 0 aliphatic heterocycles. The third-order valence-electron chi connectivity index (χ3n) is 3.83. The maximum Gasteiger partial charge on any atom is 0.303 e. The smallest absolute Gasteiger partial charge is 0.303 e. The number of hydrogen-bond acceptors (Lipinski definition) is 2. The Labute approximate surface area is 79.3 Å². The fraction of sp³-hybridized carbons (Fsp3) is 0.900. The highest BCUT2D eigenvalue weighted by atomic mass is 16.4.